The van der Waals surface area contributed by atoms with Crippen molar-refractivity contribution in [3.63, 3.8) is 0 Å². The summed E-state index contributed by atoms with van der Waals surface area (Å²) in [6.07, 6.45) is 3.76. The Morgan fingerprint density at radius 2 is 2.26 bits per heavy atom. The Kier molecular flexibility index (Phi) is 6.12. The maximum absolute atomic E-state index is 12.3. The van der Waals surface area contributed by atoms with Gasteiger partial charge in [0.05, 0.1) is 12.2 Å². The van der Waals surface area contributed by atoms with Crippen molar-refractivity contribution in [2.45, 2.75) is 19.4 Å². The normalized spacial score (nSPS) is 15.8. The second-order valence-corrected chi connectivity index (χ2v) is 5.39. The van der Waals surface area contributed by atoms with Gasteiger partial charge in [0.15, 0.2) is 0 Å². The molecule has 0 radical (unpaired) electrons. The second kappa shape index (κ2) is 8.30. The number of nitrogens with zero attached hydrogens (tertiary/aromatic N) is 4. The Hall–Kier alpha value is -2.39. The maximum atomic E-state index is 12.3. The highest BCUT2D eigenvalue weighted by atomic mass is 16.5. The molecule has 1 fully saturated rings. The summed E-state index contributed by atoms with van der Waals surface area (Å²) in [4.78, 5) is 20.5. The molecule has 1 amide bonds. The minimum absolute atomic E-state index is 0.00948. The van der Waals surface area contributed by atoms with Gasteiger partial charge in [-0.25, -0.2) is 4.98 Å². The predicted molar refractivity (Wildman–Crippen MR) is 88.0 cm³/mol. The molecule has 1 aromatic heterocycles. The highest BCUT2D eigenvalue weighted by Crippen LogP contribution is 2.18. The van der Waals surface area contributed by atoms with Crippen LogP contribution in [0.4, 0.5) is 5.82 Å². The number of hydrogen-bond acceptors (Lipinski definition) is 5. The molecule has 6 heteroatoms. The number of piperazine rings is 1. The summed E-state index contributed by atoms with van der Waals surface area (Å²) in [5, 5.41) is 9.16. The zero-order valence-electron chi connectivity index (χ0n) is 13.4. The Morgan fingerprint density at radius 1 is 1.52 bits per heavy atom. The number of rotatable bonds is 6. The first-order chi connectivity index (χ1) is 11.2. The number of aromatic nitrogens is 1. The van der Waals surface area contributed by atoms with E-state index in [1.165, 1.54) is 0 Å². The third-order valence-corrected chi connectivity index (χ3v) is 3.84. The van der Waals surface area contributed by atoms with Gasteiger partial charge in [0, 0.05) is 32.4 Å². The van der Waals surface area contributed by atoms with Crippen LogP contribution in [0.3, 0.4) is 0 Å². The van der Waals surface area contributed by atoms with Gasteiger partial charge < -0.3 is 14.5 Å². The summed E-state index contributed by atoms with van der Waals surface area (Å²) in [6.45, 7) is 8.47. The lowest BCUT2D eigenvalue weighted by Gasteiger charge is -2.36. The van der Waals surface area contributed by atoms with Crippen molar-refractivity contribution >= 4 is 11.7 Å². The summed E-state index contributed by atoms with van der Waals surface area (Å²) in [5.74, 6) is 0.702. The molecule has 0 aromatic carbocycles. The minimum Gasteiger partial charge on any atom is -0.368 e. The van der Waals surface area contributed by atoms with Crippen LogP contribution in [0.1, 0.15) is 18.9 Å². The van der Waals surface area contributed by atoms with Crippen molar-refractivity contribution in [3.8, 4) is 6.07 Å². The summed E-state index contributed by atoms with van der Waals surface area (Å²) in [7, 11) is 0. The van der Waals surface area contributed by atoms with Gasteiger partial charge in [-0.05, 0) is 25.5 Å². The molecule has 0 saturated carbocycles. The first kappa shape index (κ1) is 17.0. The van der Waals surface area contributed by atoms with Gasteiger partial charge in [-0.3, -0.25) is 4.79 Å². The molecular weight excluding hydrogens is 292 g/mol. The zero-order valence-corrected chi connectivity index (χ0v) is 13.4. The fourth-order valence-corrected chi connectivity index (χ4v) is 2.53. The topological polar surface area (TPSA) is 69.5 Å². The van der Waals surface area contributed by atoms with E-state index >= 15 is 0 Å². The van der Waals surface area contributed by atoms with E-state index < -0.39 is 6.10 Å². The van der Waals surface area contributed by atoms with E-state index in [9.17, 15) is 4.79 Å². The molecule has 2 rings (SSSR count). The van der Waals surface area contributed by atoms with Crippen molar-refractivity contribution in [1.29, 1.82) is 5.26 Å². The van der Waals surface area contributed by atoms with Gasteiger partial charge in [-0.1, -0.05) is 6.08 Å². The Morgan fingerprint density at radius 3 is 2.91 bits per heavy atom. The number of hydrogen-bond donors (Lipinski definition) is 0. The summed E-state index contributed by atoms with van der Waals surface area (Å²) < 4.78 is 5.51. The van der Waals surface area contributed by atoms with E-state index in [1.807, 2.05) is 9.80 Å². The van der Waals surface area contributed by atoms with Crippen LogP contribution in [-0.4, -0.2) is 54.7 Å². The van der Waals surface area contributed by atoms with Gasteiger partial charge in [-0.15, -0.1) is 6.58 Å². The molecule has 23 heavy (non-hydrogen) atoms. The number of ether oxygens (including phenoxy) is 1. The highest BCUT2D eigenvalue weighted by molar-refractivity contribution is 5.80. The molecule has 0 spiro atoms. The van der Waals surface area contributed by atoms with Gasteiger partial charge in [0.2, 0.25) is 0 Å². The summed E-state index contributed by atoms with van der Waals surface area (Å²) in [6, 6.07) is 5.67. The van der Waals surface area contributed by atoms with Crippen LogP contribution >= 0.6 is 0 Å². The van der Waals surface area contributed by atoms with Crippen LogP contribution in [0.5, 0.6) is 0 Å². The first-order valence-corrected chi connectivity index (χ1v) is 7.78. The number of anilines is 1. The van der Waals surface area contributed by atoms with Crippen LogP contribution < -0.4 is 4.90 Å². The molecule has 6 nitrogen and oxygen atoms in total. The molecule has 2 heterocycles. The zero-order chi connectivity index (χ0) is 16.7. The smallest absolute Gasteiger partial charge is 0.251 e. The number of pyridine rings is 1. The van der Waals surface area contributed by atoms with Crippen molar-refractivity contribution in [2.75, 3.05) is 37.7 Å². The Labute approximate surface area is 137 Å². The van der Waals surface area contributed by atoms with E-state index in [0.717, 1.165) is 6.42 Å². The molecule has 122 valence electrons. The summed E-state index contributed by atoms with van der Waals surface area (Å²) in [5.41, 5.74) is 0.563. The number of carbonyl (C=O) groups is 1. The van der Waals surface area contributed by atoms with Gasteiger partial charge in [-0.2, -0.15) is 5.26 Å². The molecule has 0 aliphatic carbocycles. The monoisotopic (exact) mass is 314 g/mol. The third kappa shape index (κ3) is 4.30. The average molecular weight is 314 g/mol. The number of amides is 1. The lowest BCUT2D eigenvalue weighted by Crippen LogP contribution is -2.51. The lowest BCUT2D eigenvalue weighted by atomic mass is 10.2. The molecule has 0 bridgehead atoms. The predicted octanol–water partition coefficient (Wildman–Crippen LogP) is 1.58. The van der Waals surface area contributed by atoms with Crippen LogP contribution in [0, 0.1) is 11.3 Å². The van der Waals surface area contributed by atoms with Crippen LogP contribution in [0.15, 0.2) is 31.0 Å². The SMILES string of the molecule is C=CCCOC(C)C(=O)N1CCN(c2ncccc2C#N)CC1. The van der Waals surface area contributed by atoms with Crippen molar-refractivity contribution in [1.82, 2.24) is 9.88 Å². The van der Waals surface area contributed by atoms with E-state index in [4.69, 9.17) is 10.00 Å². The van der Waals surface area contributed by atoms with Gasteiger partial charge in [0.25, 0.3) is 5.91 Å². The van der Waals surface area contributed by atoms with Gasteiger partial charge >= 0.3 is 0 Å². The van der Waals surface area contributed by atoms with E-state index in [2.05, 4.69) is 17.6 Å². The molecule has 1 aliphatic rings. The lowest BCUT2D eigenvalue weighted by molar-refractivity contribution is -0.142. The minimum atomic E-state index is -0.439. The number of nitriles is 1. The third-order valence-electron chi connectivity index (χ3n) is 3.84. The standard InChI is InChI=1S/C17H22N4O2/c1-3-4-12-23-14(2)17(22)21-10-8-20(9-11-21)16-15(13-18)6-5-7-19-16/h3,5-7,14H,1,4,8-12H2,2H3. The molecule has 1 aliphatic heterocycles. The molecule has 1 aromatic rings. The van der Waals surface area contributed by atoms with Gasteiger partial charge in [0.1, 0.15) is 18.0 Å². The molecular formula is C17H22N4O2. The van der Waals surface area contributed by atoms with Crippen LogP contribution in [0.2, 0.25) is 0 Å². The molecule has 0 N–H and O–H groups in total. The van der Waals surface area contributed by atoms with Crippen molar-refractivity contribution in [3.05, 3.63) is 36.5 Å². The fraction of sp³-hybridized carbons (Fsp3) is 0.471. The Bertz CT molecular complexity index is 589. The van der Waals surface area contributed by atoms with Crippen molar-refractivity contribution < 1.29 is 9.53 Å². The number of carbonyl (C=O) groups excluding carboxylic acids is 1. The van der Waals surface area contributed by atoms with Crippen LogP contribution in [-0.2, 0) is 9.53 Å². The molecule has 1 atom stereocenters. The van der Waals surface area contributed by atoms with E-state index in [-0.39, 0.29) is 5.91 Å². The Balaban J connectivity index is 1.89. The molecule has 1 saturated heterocycles. The van der Waals surface area contributed by atoms with Crippen LogP contribution in [0.25, 0.3) is 0 Å². The highest BCUT2D eigenvalue weighted by Gasteiger charge is 2.26. The largest absolute Gasteiger partial charge is 0.368 e. The first-order valence-electron chi connectivity index (χ1n) is 7.78. The quantitative estimate of drug-likeness (QED) is 0.589. The van der Waals surface area contributed by atoms with E-state index in [0.29, 0.717) is 44.2 Å². The maximum Gasteiger partial charge on any atom is 0.251 e. The fourth-order valence-electron chi connectivity index (χ4n) is 2.53. The van der Waals surface area contributed by atoms with Crippen molar-refractivity contribution in [2.24, 2.45) is 0 Å². The van der Waals surface area contributed by atoms with E-state index in [1.54, 1.807) is 31.3 Å². The second-order valence-electron chi connectivity index (χ2n) is 5.39. The molecule has 1 unspecified atom stereocenters. The summed E-state index contributed by atoms with van der Waals surface area (Å²) >= 11 is 0. The average Bonchev–Trinajstić information content (AvgIpc) is 2.61.